The second-order valence-corrected chi connectivity index (χ2v) is 7.16. The van der Waals surface area contributed by atoms with Crippen LogP contribution in [0.2, 0.25) is 0 Å². The van der Waals surface area contributed by atoms with Crippen LogP contribution < -0.4 is 15.6 Å². The Kier molecular flexibility index (Phi) is 6.43. The van der Waals surface area contributed by atoms with E-state index in [1.54, 1.807) is 43.6 Å². The molecule has 2 heterocycles. The average molecular weight is 445 g/mol. The Hall–Kier alpha value is -2.71. The van der Waals surface area contributed by atoms with Crippen LogP contribution in [0.4, 0.5) is 5.69 Å². The number of anilines is 1. The minimum Gasteiger partial charge on any atom is -0.497 e. The molecule has 0 aliphatic heterocycles. The molecule has 2 aromatic heterocycles. The number of halogens is 1. The molecular weight excluding hydrogens is 424 g/mol. The van der Waals surface area contributed by atoms with Crippen molar-refractivity contribution in [3.8, 4) is 5.75 Å². The van der Waals surface area contributed by atoms with Gasteiger partial charge < -0.3 is 10.1 Å². The Labute approximate surface area is 171 Å². The number of benzene rings is 1. The molecule has 0 bridgehead atoms. The highest BCUT2D eigenvalue weighted by Crippen LogP contribution is 2.15. The van der Waals surface area contributed by atoms with E-state index in [9.17, 15) is 9.59 Å². The molecule has 0 fully saturated rings. The van der Waals surface area contributed by atoms with Crippen molar-refractivity contribution < 1.29 is 9.53 Å². The van der Waals surface area contributed by atoms with Crippen LogP contribution in [-0.2, 0) is 11.3 Å². The molecule has 28 heavy (non-hydrogen) atoms. The predicted octanol–water partition coefficient (Wildman–Crippen LogP) is 2.93. The first-order chi connectivity index (χ1) is 13.5. The summed E-state index contributed by atoms with van der Waals surface area (Å²) in [4.78, 5) is 31.2. The van der Waals surface area contributed by atoms with E-state index in [1.165, 1.54) is 10.5 Å². The fourth-order valence-electron chi connectivity index (χ4n) is 2.79. The molecule has 0 atom stereocenters. The SMILES string of the molecule is CCN(CC(=O)Nc1ccc(OC)cc1)Cc1cc(=O)n2cc(Br)ccc2n1. The lowest BCUT2D eigenvalue weighted by atomic mass is 10.3. The van der Waals surface area contributed by atoms with E-state index in [-0.39, 0.29) is 18.0 Å². The van der Waals surface area contributed by atoms with Gasteiger partial charge in [-0.2, -0.15) is 0 Å². The average Bonchev–Trinajstić information content (AvgIpc) is 2.68. The second-order valence-electron chi connectivity index (χ2n) is 6.24. The van der Waals surface area contributed by atoms with E-state index in [1.807, 2.05) is 17.9 Å². The summed E-state index contributed by atoms with van der Waals surface area (Å²) in [7, 11) is 1.60. The molecule has 1 N–H and O–H groups in total. The summed E-state index contributed by atoms with van der Waals surface area (Å²) in [5.74, 6) is 0.599. The van der Waals surface area contributed by atoms with Gasteiger partial charge in [-0.1, -0.05) is 6.92 Å². The van der Waals surface area contributed by atoms with Gasteiger partial charge in [0.1, 0.15) is 11.4 Å². The van der Waals surface area contributed by atoms with Crippen LogP contribution in [0.1, 0.15) is 12.6 Å². The highest BCUT2D eigenvalue weighted by atomic mass is 79.9. The smallest absolute Gasteiger partial charge is 0.258 e. The number of aromatic nitrogens is 2. The van der Waals surface area contributed by atoms with Crippen molar-refractivity contribution in [1.82, 2.24) is 14.3 Å². The summed E-state index contributed by atoms with van der Waals surface area (Å²) in [6, 6.07) is 12.3. The van der Waals surface area contributed by atoms with Gasteiger partial charge in [0, 0.05) is 29.0 Å². The maximum Gasteiger partial charge on any atom is 0.258 e. The summed E-state index contributed by atoms with van der Waals surface area (Å²) in [6.45, 7) is 3.22. The molecular formula is C20H21BrN4O3. The van der Waals surface area contributed by atoms with Crippen molar-refractivity contribution in [3.05, 3.63) is 69.2 Å². The Morgan fingerprint density at radius 3 is 2.68 bits per heavy atom. The zero-order valence-corrected chi connectivity index (χ0v) is 17.3. The summed E-state index contributed by atoms with van der Waals surface area (Å²) in [6.07, 6.45) is 1.69. The zero-order chi connectivity index (χ0) is 20.1. The standard InChI is InChI=1S/C20H21BrN4O3/c1-3-24(13-19(26)23-15-5-7-17(28-2)8-6-15)12-16-10-20(27)25-11-14(21)4-9-18(25)22-16/h4-11H,3,12-13H2,1-2H3,(H,23,26). The van der Waals surface area contributed by atoms with Crippen molar-refractivity contribution >= 4 is 33.2 Å². The lowest BCUT2D eigenvalue weighted by Gasteiger charge is -2.19. The Morgan fingerprint density at radius 1 is 1.25 bits per heavy atom. The number of likely N-dealkylation sites (N-methyl/N-ethyl adjacent to an activating group) is 1. The lowest BCUT2D eigenvalue weighted by Crippen LogP contribution is -2.33. The molecule has 3 rings (SSSR count). The van der Waals surface area contributed by atoms with Crippen LogP contribution in [0.3, 0.4) is 0 Å². The van der Waals surface area contributed by atoms with Crippen LogP contribution in [0, 0.1) is 0 Å². The van der Waals surface area contributed by atoms with Gasteiger partial charge in [0.2, 0.25) is 5.91 Å². The number of ether oxygens (including phenoxy) is 1. The molecule has 0 saturated heterocycles. The molecule has 1 amide bonds. The minimum atomic E-state index is -0.153. The first kappa shape index (κ1) is 20.0. The van der Waals surface area contributed by atoms with E-state index >= 15 is 0 Å². The van der Waals surface area contributed by atoms with Gasteiger partial charge in [-0.3, -0.25) is 18.9 Å². The van der Waals surface area contributed by atoms with Crippen LogP contribution in [-0.4, -0.2) is 40.4 Å². The number of methoxy groups -OCH3 is 1. The fourth-order valence-corrected chi connectivity index (χ4v) is 3.13. The second kappa shape index (κ2) is 8.99. The monoisotopic (exact) mass is 444 g/mol. The van der Waals surface area contributed by atoms with Gasteiger partial charge in [0.05, 0.1) is 19.3 Å². The molecule has 0 saturated carbocycles. The largest absolute Gasteiger partial charge is 0.497 e. The molecule has 8 heteroatoms. The summed E-state index contributed by atoms with van der Waals surface area (Å²) in [5, 5.41) is 2.86. The third-order valence-electron chi connectivity index (χ3n) is 4.25. The van der Waals surface area contributed by atoms with Gasteiger partial charge in [-0.05, 0) is 58.9 Å². The van der Waals surface area contributed by atoms with Crippen molar-refractivity contribution in [1.29, 1.82) is 0 Å². The van der Waals surface area contributed by atoms with Gasteiger partial charge in [-0.25, -0.2) is 4.98 Å². The van der Waals surface area contributed by atoms with Gasteiger partial charge in [0.15, 0.2) is 0 Å². The van der Waals surface area contributed by atoms with Crippen molar-refractivity contribution in [2.75, 3.05) is 25.5 Å². The first-order valence-electron chi connectivity index (χ1n) is 8.82. The molecule has 0 spiro atoms. The van der Waals surface area contributed by atoms with E-state index in [0.717, 1.165) is 10.2 Å². The number of nitrogens with zero attached hydrogens (tertiary/aromatic N) is 3. The van der Waals surface area contributed by atoms with E-state index < -0.39 is 0 Å². The number of nitrogens with one attached hydrogen (secondary N) is 1. The van der Waals surface area contributed by atoms with Gasteiger partial charge >= 0.3 is 0 Å². The predicted molar refractivity (Wildman–Crippen MR) is 112 cm³/mol. The zero-order valence-electron chi connectivity index (χ0n) is 15.7. The maximum atomic E-state index is 12.4. The molecule has 0 aliphatic rings. The Balaban J connectivity index is 1.68. The topological polar surface area (TPSA) is 75.9 Å². The normalized spacial score (nSPS) is 11.0. The first-order valence-corrected chi connectivity index (χ1v) is 9.62. The quantitative estimate of drug-likeness (QED) is 0.606. The molecule has 1 aromatic carbocycles. The van der Waals surface area contributed by atoms with E-state index in [2.05, 4.69) is 26.2 Å². The molecule has 3 aromatic rings. The minimum absolute atomic E-state index is 0.131. The number of carbonyl (C=O) groups excluding carboxylic acids is 1. The van der Waals surface area contributed by atoms with Crippen LogP contribution >= 0.6 is 15.9 Å². The third kappa shape index (κ3) is 4.96. The van der Waals surface area contributed by atoms with Crippen molar-refractivity contribution in [2.45, 2.75) is 13.5 Å². The molecule has 0 radical (unpaired) electrons. The van der Waals surface area contributed by atoms with Gasteiger partial charge in [0.25, 0.3) is 5.56 Å². The van der Waals surface area contributed by atoms with Crippen LogP contribution in [0.5, 0.6) is 5.75 Å². The molecule has 0 unspecified atom stereocenters. The summed E-state index contributed by atoms with van der Waals surface area (Å²) >= 11 is 3.35. The van der Waals surface area contributed by atoms with Crippen LogP contribution in [0.25, 0.3) is 5.65 Å². The Bertz CT molecular complexity index is 1030. The van der Waals surface area contributed by atoms with E-state index in [0.29, 0.717) is 30.1 Å². The summed E-state index contributed by atoms with van der Waals surface area (Å²) < 4.78 is 7.41. The highest BCUT2D eigenvalue weighted by molar-refractivity contribution is 9.10. The highest BCUT2D eigenvalue weighted by Gasteiger charge is 2.12. The van der Waals surface area contributed by atoms with Crippen LogP contribution in [0.15, 0.2) is 57.9 Å². The lowest BCUT2D eigenvalue weighted by molar-refractivity contribution is -0.117. The number of fused-ring (bicyclic) bond motifs is 1. The number of pyridine rings is 1. The van der Waals surface area contributed by atoms with Crippen molar-refractivity contribution in [2.24, 2.45) is 0 Å². The Morgan fingerprint density at radius 2 is 2.00 bits per heavy atom. The molecule has 7 nitrogen and oxygen atoms in total. The third-order valence-corrected chi connectivity index (χ3v) is 4.72. The number of rotatable bonds is 7. The van der Waals surface area contributed by atoms with Gasteiger partial charge in [-0.15, -0.1) is 0 Å². The molecule has 146 valence electrons. The maximum absolute atomic E-state index is 12.4. The number of hydrogen-bond donors (Lipinski definition) is 1. The fraction of sp³-hybridized carbons (Fsp3) is 0.250. The number of hydrogen-bond acceptors (Lipinski definition) is 5. The number of carbonyl (C=O) groups is 1. The molecule has 0 aliphatic carbocycles. The number of amides is 1. The summed E-state index contributed by atoms with van der Waals surface area (Å²) in [5.41, 5.74) is 1.75. The van der Waals surface area contributed by atoms with Crippen molar-refractivity contribution in [3.63, 3.8) is 0 Å². The van der Waals surface area contributed by atoms with E-state index in [4.69, 9.17) is 4.74 Å².